The van der Waals surface area contributed by atoms with Gasteiger partial charge in [-0.2, -0.15) is 0 Å². The van der Waals surface area contributed by atoms with Crippen LogP contribution in [0.5, 0.6) is 0 Å². The second-order valence-electron chi connectivity index (χ2n) is 5.00. The molecule has 0 bridgehead atoms. The number of hydrogen-bond acceptors (Lipinski definition) is 2. The maximum atomic E-state index is 11.1. The number of pyridine rings is 1. The van der Waals surface area contributed by atoms with Crippen LogP contribution < -0.4 is 5.32 Å². The number of aromatic amines is 1. The van der Waals surface area contributed by atoms with Gasteiger partial charge in [-0.1, -0.05) is 30.3 Å². The fourth-order valence-electron chi connectivity index (χ4n) is 2.56. The van der Waals surface area contributed by atoms with Crippen molar-refractivity contribution < 1.29 is 4.79 Å². The third-order valence-corrected chi connectivity index (χ3v) is 3.52. The van der Waals surface area contributed by atoms with Crippen molar-refractivity contribution in [3.63, 3.8) is 0 Å². The Balaban J connectivity index is 2.04. The molecule has 21 heavy (non-hydrogen) atoms. The number of amides is 1. The van der Waals surface area contributed by atoms with Crippen molar-refractivity contribution in [1.29, 1.82) is 0 Å². The van der Waals surface area contributed by atoms with E-state index in [4.69, 9.17) is 0 Å². The van der Waals surface area contributed by atoms with Crippen LogP contribution in [0.4, 0.5) is 0 Å². The normalized spacial score (nSPS) is 10.7. The van der Waals surface area contributed by atoms with E-state index in [1.807, 2.05) is 30.5 Å². The second kappa shape index (κ2) is 5.79. The maximum Gasteiger partial charge on any atom is 0.216 e. The molecule has 4 heteroatoms. The van der Waals surface area contributed by atoms with E-state index >= 15 is 0 Å². The predicted octanol–water partition coefficient (Wildman–Crippen LogP) is 2.91. The average molecular weight is 279 g/mol. The monoisotopic (exact) mass is 279 g/mol. The minimum absolute atomic E-state index is 0.00535. The molecule has 0 saturated heterocycles. The first kappa shape index (κ1) is 13.4. The standard InChI is InChI=1S/C17H17N3O/c1-12(21)19-10-7-14-15-11-18-9-8-16(15)20-17(14)13-5-3-2-4-6-13/h2-6,8-9,11,20H,7,10H2,1H3,(H,19,21). The largest absolute Gasteiger partial charge is 0.356 e. The van der Waals surface area contributed by atoms with E-state index < -0.39 is 0 Å². The van der Waals surface area contributed by atoms with Crippen molar-refractivity contribution in [2.45, 2.75) is 13.3 Å². The molecule has 4 nitrogen and oxygen atoms in total. The van der Waals surface area contributed by atoms with Gasteiger partial charge in [0, 0.05) is 42.5 Å². The molecule has 1 aromatic carbocycles. The van der Waals surface area contributed by atoms with Crippen LogP contribution in [0.25, 0.3) is 22.2 Å². The van der Waals surface area contributed by atoms with E-state index in [9.17, 15) is 4.79 Å². The number of aromatic nitrogens is 2. The number of rotatable bonds is 4. The van der Waals surface area contributed by atoms with Gasteiger partial charge in [0.05, 0.1) is 0 Å². The summed E-state index contributed by atoms with van der Waals surface area (Å²) in [7, 11) is 0. The van der Waals surface area contributed by atoms with Gasteiger partial charge >= 0.3 is 0 Å². The number of nitrogens with zero attached hydrogens (tertiary/aromatic N) is 1. The van der Waals surface area contributed by atoms with Gasteiger partial charge in [0.15, 0.2) is 0 Å². The molecule has 2 heterocycles. The highest BCUT2D eigenvalue weighted by Crippen LogP contribution is 2.29. The van der Waals surface area contributed by atoms with Gasteiger partial charge in [0.25, 0.3) is 0 Å². The van der Waals surface area contributed by atoms with Crippen molar-refractivity contribution in [2.24, 2.45) is 0 Å². The minimum atomic E-state index is -0.00535. The number of carbonyl (C=O) groups is 1. The fraction of sp³-hybridized carbons (Fsp3) is 0.176. The zero-order valence-electron chi connectivity index (χ0n) is 11.9. The highest BCUT2D eigenvalue weighted by molar-refractivity contribution is 5.90. The van der Waals surface area contributed by atoms with Crippen LogP contribution in [0.15, 0.2) is 48.8 Å². The lowest BCUT2D eigenvalue weighted by Gasteiger charge is -2.06. The lowest BCUT2D eigenvalue weighted by Crippen LogP contribution is -2.22. The molecule has 106 valence electrons. The Labute approximate surface area is 123 Å². The van der Waals surface area contributed by atoms with Gasteiger partial charge in [0.2, 0.25) is 5.91 Å². The summed E-state index contributed by atoms with van der Waals surface area (Å²) in [5, 5.41) is 3.97. The Bertz CT molecular complexity index is 762. The van der Waals surface area contributed by atoms with E-state index in [1.54, 1.807) is 6.20 Å². The van der Waals surface area contributed by atoms with Crippen molar-refractivity contribution in [3.05, 3.63) is 54.4 Å². The molecule has 0 spiro atoms. The summed E-state index contributed by atoms with van der Waals surface area (Å²) in [5.41, 5.74) is 4.51. The van der Waals surface area contributed by atoms with Gasteiger partial charge in [-0.05, 0) is 23.6 Å². The SMILES string of the molecule is CC(=O)NCCc1c(-c2ccccc2)[nH]c2ccncc12. The third kappa shape index (κ3) is 2.79. The molecule has 3 rings (SSSR count). The molecule has 2 N–H and O–H groups in total. The van der Waals surface area contributed by atoms with Crippen LogP contribution >= 0.6 is 0 Å². The first-order chi connectivity index (χ1) is 10.3. The van der Waals surface area contributed by atoms with Crippen LogP contribution in [0.2, 0.25) is 0 Å². The molecule has 0 saturated carbocycles. The lowest BCUT2D eigenvalue weighted by molar-refractivity contribution is -0.118. The molecule has 0 unspecified atom stereocenters. The molecule has 0 radical (unpaired) electrons. The first-order valence-electron chi connectivity index (χ1n) is 7.00. The predicted molar refractivity (Wildman–Crippen MR) is 83.9 cm³/mol. The van der Waals surface area contributed by atoms with Gasteiger partial charge < -0.3 is 10.3 Å². The van der Waals surface area contributed by atoms with Crippen LogP contribution in [-0.2, 0) is 11.2 Å². The number of fused-ring (bicyclic) bond motifs is 1. The van der Waals surface area contributed by atoms with Gasteiger partial charge in [-0.25, -0.2) is 0 Å². The maximum absolute atomic E-state index is 11.1. The summed E-state index contributed by atoms with van der Waals surface area (Å²) >= 11 is 0. The molecule has 0 atom stereocenters. The summed E-state index contributed by atoms with van der Waals surface area (Å²) in [5.74, 6) is -0.00535. The fourth-order valence-corrected chi connectivity index (χ4v) is 2.56. The summed E-state index contributed by atoms with van der Waals surface area (Å²) in [6.07, 6.45) is 4.43. The number of carbonyl (C=O) groups excluding carboxylic acids is 1. The van der Waals surface area contributed by atoms with E-state index in [1.165, 1.54) is 12.5 Å². The number of H-pyrrole nitrogens is 1. The average Bonchev–Trinajstić information content (AvgIpc) is 2.87. The number of hydrogen-bond donors (Lipinski definition) is 2. The van der Waals surface area contributed by atoms with Gasteiger partial charge in [0.1, 0.15) is 0 Å². The smallest absolute Gasteiger partial charge is 0.216 e. The topological polar surface area (TPSA) is 57.8 Å². The molecular formula is C17H17N3O. The summed E-state index contributed by atoms with van der Waals surface area (Å²) in [6, 6.07) is 12.2. The van der Waals surface area contributed by atoms with Gasteiger partial charge in [-0.3, -0.25) is 9.78 Å². The van der Waals surface area contributed by atoms with Crippen LogP contribution in [0, 0.1) is 0 Å². The number of benzene rings is 1. The highest BCUT2D eigenvalue weighted by Gasteiger charge is 2.12. The molecular weight excluding hydrogens is 262 g/mol. The molecule has 2 aromatic heterocycles. The molecule has 0 aliphatic rings. The van der Waals surface area contributed by atoms with E-state index in [0.717, 1.165) is 28.6 Å². The molecule has 3 aromatic rings. The second-order valence-corrected chi connectivity index (χ2v) is 5.00. The van der Waals surface area contributed by atoms with Crippen molar-refractivity contribution in [1.82, 2.24) is 15.3 Å². The quantitative estimate of drug-likeness (QED) is 0.771. The number of nitrogens with one attached hydrogen (secondary N) is 2. The summed E-state index contributed by atoms with van der Waals surface area (Å²) in [4.78, 5) is 18.7. The van der Waals surface area contributed by atoms with Crippen LogP contribution in [-0.4, -0.2) is 22.4 Å². The highest BCUT2D eigenvalue weighted by atomic mass is 16.1. The molecule has 1 amide bonds. The van der Waals surface area contributed by atoms with E-state index in [0.29, 0.717) is 6.54 Å². The van der Waals surface area contributed by atoms with E-state index in [2.05, 4.69) is 27.4 Å². The molecule has 0 aliphatic carbocycles. The van der Waals surface area contributed by atoms with E-state index in [-0.39, 0.29) is 5.91 Å². The Hall–Kier alpha value is -2.62. The Morgan fingerprint density at radius 1 is 1.24 bits per heavy atom. The third-order valence-electron chi connectivity index (χ3n) is 3.52. The molecule has 0 fully saturated rings. The van der Waals surface area contributed by atoms with Crippen molar-refractivity contribution >= 4 is 16.8 Å². The Morgan fingerprint density at radius 3 is 2.81 bits per heavy atom. The minimum Gasteiger partial charge on any atom is -0.356 e. The Morgan fingerprint density at radius 2 is 2.05 bits per heavy atom. The Kier molecular flexibility index (Phi) is 3.69. The summed E-state index contributed by atoms with van der Waals surface area (Å²) < 4.78 is 0. The van der Waals surface area contributed by atoms with Crippen LogP contribution in [0.1, 0.15) is 12.5 Å². The van der Waals surface area contributed by atoms with Crippen molar-refractivity contribution in [3.8, 4) is 11.3 Å². The first-order valence-corrected chi connectivity index (χ1v) is 7.00. The zero-order chi connectivity index (χ0) is 14.7. The molecule has 0 aliphatic heterocycles. The van der Waals surface area contributed by atoms with Crippen molar-refractivity contribution in [2.75, 3.05) is 6.54 Å². The summed E-state index contributed by atoms with van der Waals surface area (Å²) in [6.45, 7) is 2.16. The van der Waals surface area contributed by atoms with Gasteiger partial charge in [-0.15, -0.1) is 0 Å². The van der Waals surface area contributed by atoms with Crippen LogP contribution in [0.3, 0.4) is 0 Å². The lowest BCUT2D eigenvalue weighted by atomic mass is 10.0. The zero-order valence-corrected chi connectivity index (χ0v) is 11.9.